The SMILES string of the molecule is CC(C)(SCC(=O)Nc1sc2c(c1C#N)CCCC2)C(=O)O. The predicted octanol–water partition coefficient (Wildman–Crippen LogP) is 3.03. The fraction of sp³-hybridized carbons (Fsp3) is 0.533. The van der Waals surface area contributed by atoms with Gasteiger partial charge in [0.1, 0.15) is 15.8 Å². The van der Waals surface area contributed by atoms with Crippen LogP contribution in [0.15, 0.2) is 0 Å². The van der Waals surface area contributed by atoms with Gasteiger partial charge in [0.2, 0.25) is 5.91 Å². The number of aryl methyl sites for hydroxylation is 1. The van der Waals surface area contributed by atoms with Crippen molar-refractivity contribution in [1.29, 1.82) is 5.26 Å². The van der Waals surface area contributed by atoms with Crippen LogP contribution in [0.25, 0.3) is 0 Å². The number of nitrogens with zero attached hydrogens (tertiary/aromatic N) is 1. The van der Waals surface area contributed by atoms with Crippen LogP contribution < -0.4 is 5.32 Å². The summed E-state index contributed by atoms with van der Waals surface area (Å²) in [5.41, 5.74) is 1.66. The molecule has 1 heterocycles. The number of aliphatic carboxylic acids is 1. The first-order valence-electron chi connectivity index (χ1n) is 7.07. The van der Waals surface area contributed by atoms with E-state index in [1.54, 1.807) is 13.8 Å². The molecule has 0 atom stereocenters. The predicted molar refractivity (Wildman–Crippen MR) is 88.5 cm³/mol. The van der Waals surface area contributed by atoms with Crippen LogP contribution in [0.2, 0.25) is 0 Å². The van der Waals surface area contributed by atoms with E-state index in [9.17, 15) is 14.9 Å². The average Bonchev–Trinajstić information content (AvgIpc) is 2.82. The summed E-state index contributed by atoms with van der Waals surface area (Å²) in [4.78, 5) is 24.3. The number of carboxylic acid groups (broad SMARTS) is 1. The molecule has 1 aliphatic carbocycles. The molecule has 0 aliphatic heterocycles. The van der Waals surface area contributed by atoms with Gasteiger partial charge in [-0.2, -0.15) is 5.26 Å². The smallest absolute Gasteiger partial charge is 0.319 e. The van der Waals surface area contributed by atoms with Crippen LogP contribution in [0.4, 0.5) is 5.00 Å². The number of thioether (sulfide) groups is 1. The quantitative estimate of drug-likeness (QED) is 0.861. The summed E-state index contributed by atoms with van der Waals surface area (Å²) in [6.07, 6.45) is 4.06. The number of carbonyl (C=O) groups excluding carboxylic acids is 1. The Morgan fingerprint density at radius 3 is 2.73 bits per heavy atom. The minimum atomic E-state index is -1.01. The van der Waals surface area contributed by atoms with Gasteiger partial charge < -0.3 is 10.4 Å². The summed E-state index contributed by atoms with van der Waals surface area (Å²) in [5.74, 6) is -1.17. The Labute approximate surface area is 137 Å². The molecule has 0 unspecified atom stereocenters. The Balaban J connectivity index is 2.05. The van der Waals surface area contributed by atoms with Gasteiger partial charge in [0.05, 0.1) is 11.3 Å². The van der Waals surface area contributed by atoms with Gasteiger partial charge in [0.15, 0.2) is 0 Å². The number of hydrogen-bond donors (Lipinski definition) is 2. The molecule has 5 nitrogen and oxygen atoms in total. The summed E-state index contributed by atoms with van der Waals surface area (Å²) in [7, 11) is 0. The molecule has 22 heavy (non-hydrogen) atoms. The molecule has 2 rings (SSSR count). The van der Waals surface area contributed by atoms with E-state index in [4.69, 9.17) is 5.11 Å². The second-order valence-corrected chi connectivity index (χ2v) is 8.38. The number of fused-ring (bicyclic) bond motifs is 1. The molecule has 0 radical (unpaired) electrons. The molecule has 0 aromatic carbocycles. The lowest BCUT2D eigenvalue weighted by atomic mass is 9.96. The van der Waals surface area contributed by atoms with Crippen molar-refractivity contribution in [2.45, 2.75) is 44.3 Å². The van der Waals surface area contributed by atoms with Crippen molar-refractivity contribution in [3.05, 3.63) is 16.0 Å². The number of nitrogens with one attached hydrogen (secondary N) is 1. The van der Waals surface area contributed by atoms with Crippen molar-refractivity contribution < 1.29 is 14.7 Å². The number of thiophene rings is 1. The molecule has 0 saturated carbocycles. The van der Waals surface area contributed by atoms with Crippen LogP contribution in [0.3, 0.4) is 0 Å². The molecule has 0 bridgehead atoms. The van der Waals surface area contributed by atoms with Gasteiger partial charge in [-0.15, -0.1) is 23.1 Å². The maximum absolute atomic E-state index is 12.0. The van der Waals surface area contributed by atoms with Crippen LogP contribution >= 0.6 is 23.1 Å². The largest absolute Gasteiger partial charge is 0.480 e. The lowest BCUT2D eigenvalue weighted by Gasteiger charge is -2.17. The van der Waals surface area contributed by atoms with Crippen molar-refractivity contribution in [3.63, 3.8) is 0 Å². The fourth-order valence-corrected chi connectivity index (χ4v) is 4.19. The first kappa shape index (κ1) is 16.8. The first-order valence-corrected chi connectivity index (χ1v) is 8.87. The summed E-state index contributed by atoms with van der Waals surface area (Å²) in [6, 6.07) is 2.19. The number of anilines is 1. The van der Waals surface area contributed by atoms with E-state index in [-0.39, 0.29) is 11.7 Å². The average molecular weight is 338 g/mol. The molecule has 0 fully saturated rings. The van der Waals surface area contributed by atoms with Gasteiger partial charge >= 0.3 is 5.97 Å². The molecule has 1 amide bonds. The minimum Gasteiger partial charge on any atom is -0.480 e. The Morgan fingerprint density at radius 1 is 1.41 bits per heavy atom. The van der Waals surface area contributed by atoms with Crippen LogP contribution in [0, 0.1) is 11.3 Å². The zero-order valence-electron chi connectivity index (χ0n) is 12.6. The van der Waals surface area contributed by atoms with Crippen molar-refractivity contribution in [2.75, 3.05) is 11.1 Å². The van der Waals surface area contributed by atoms with E-state index in [2.05, 4.69) is 11.4 Å². The van der Waals surface area contributed by atoms with Crippen LogP contribution in [-0.2, 0) is 22.4 Å². The maximum atomic E-state index is 12.0. The Morgan fingerprint density at radius 2 is 2.09 bits per heavy atom. The highest BCUT2D eigenvalue weighted by Crippen LogP contribution is 2.37. The van der Waals surface area contributed by atoms with Gasteiger partial charge in [0, 0.05) is 4.88 Å². The van der Waals surface area contributed by atoms with E-state index in [1.807, 2.05) is 0 Å². The summed E-state index contributed by atoms with van der Waals surface area (Å²) in [5, 5.41) is 21.8. The molecule has 0 saturated heterocycles. The van der Waals surface area contributed by atoms with Crippen molar-refractivity contribution in [1.82, 2.24) is 0 Å². The topological polar surface area (TPSA) is 90.2 Å². The number of amides is 1. The van der Waals surface area contributed by atoms with E-state index in [0.29, 0.717) is 10.6 Å². The first-order chi connectivity index (χ1) is 10.3. The number of carbonyl (C=O) groups is 2. The Hall–Kier alpha value is -1.52. The zero-order valence-corrected chi connectivity index (χ0v) is 14.2. The number of hydrogen-bond acceptors (Lipinski definition) is 5. The van der Waals surface area contributed by atoms with Gasteiger partial charge in [-0.3, -0.25) is 9.59 Å². The lowest BCUT2D eigenvalue weighted by molar-refractivity contribution is -0.138. The monoisotopic (exact) mass is 338 g/mol. The molecule has 1 aliphatic rings. The second-order valence-electron chi connectivity index (χ2n) is 5.68. The molecule has 118 valence electrons. The maximum Gasteiger partial charge on any atom is 0.319 e. The fourth-order valence-electron chi connectivity index (χ4n) is 2.24. The third kappa shape index (κ3) is 3.62. The van der Waals surface area contributed by atoms with E-state index in [0.717, 1.165) is 43.0 Å². The third-order valence-electron chi connectivity index (χ3n) is 3.62. The van der Waals surface area contributed by atoms with Crippen LogP contribution in [0.1, 0.15) is 42.7 Å². The highest BCUT2D eigenvalue weighted by molar-refractivity contribution is 8.02. The van der Waals surface area contributed by atoms with E-state index < -0.39 is 10.7 Å². The zero-order chi connectivity index (χ0) is 16.3. The highest BCUT2D eigenvalue weighted by Gasteiger charge is 2.29. The van der Waals surface area contributed by atoms with Crippen molar-refractivity contribution >= 4 is 40.0 Å². The van der Waals surface area contributed by atoms with E-state index in [1.165, 1.54) is 16.2 Å². The molecule has 1 aromatic rings. The summed E-state index contributed by atoms with van der Waals surface area (Å²) < 4.78 is -1.01. The normalized spacial score (nSPS) is 14.0. The van der Waals surface area contributed by atoms with E-state index >= 15 is 0 Å². The molecule has 2 N–H and O–H groups in total. The Bertz CT molecular complexity index is 644. The van der Waals surface area contributed by atoms with Crippen molar-refractivity contribution in [3.8, 4) is 6.07 Å². The molecule has 7 heteroatoms. The number of carboxylic acids is 1. The minimum absolute atomic E-state index is 0.0483. The Kier molecular flexibility index (Phi) is 5.14. The second kappa shape index (κ2) is 6.71. The van der Waals surface area contributed by atoms with Gasteiger partial charge in [-0.05, 0) is 45.1 Å². The van der Waals surface area contributed by atoms with Gasteiger partial charge in [-0.25, -0.2) is 0 Å². The number of rotatable bonds is 5. The standard InChI is InChI=1S/C15H18N2O3S2/c1-15(2,14(19)20)21-8-12(18)17-13-10(7-16)9-5-3-4-6-11(9)22-13/h3-6,8H2,1-2H3,(H,17,18)(H,19,20). The van der Waals surface area contributed by atoms with Gasteiger partial charge in [0.25, 0.3) is 0 Å². The molecule has 1 aromatic heterocycles. The summed E-state index contributed by atoms with van der Waals surface area (Å²) in [6.45, 7) is 3.13. The van der Waals surface area contributed by atoms with Crippen molar-refractivity contribution in [2.24, 2.45) is 0 Å². The number of nitriles is 1. The highest BCUT2D eigenvalue weighted by atomic mass is 32.2. The molecular formula is C15H18N2O3S2. The third-order valence-corrected chi connectivity index (χ3v) is 6.13. The van der Waals surface area contributed by atoms with Gasteiger partial charge in [-0.1, -0.05) is 0 Å². The molecule has 0 spiro atoms. The van der Waals surface area contributed by atoms with Crippen LogP contribution in [-0.4, -0.2) is 27.5 Å². The molecular weight excluding hydrogens is 320 g/mol. The van der Waals surface area contributed by atoms with Crippen LogP contribution in [0.5, 0.6) is 0 Å². The summed E-state index contributed by atoms with van der Waals surface area (Å²) >= 11 is 2.55. The lowest BCUT2D eigenvalue weighted by Crippen LogP contribution is -2.29.